The topological polar surface area (TPSA) is 122 Å². The maximum absolute atomic E-state index is 12.7. The second kappa shape index (κ2) is 11.8. The molecule has 2 aromatic heterocycles. The number of pyridine rings is 1. The summed E-state index contributed by atoms with van der Waals surface area (Å²) in [5, 5.41) is 20.5. The summed E-state index contributed by atoms with van der Waals surface area (Å²) in [7, 11) is 1.59. The smallest absolute Gasteiger partial charge is 0.251 e. The van der Waals surface area contributed by atoms with Crippen LogP contribution < -0.4 is 15.4 Å². The average molecular weight is 497 g/mol. The summed E-state index contributed by atoms with van der Waals surface area (Å²) in [6, 6.07) is 18.7. The molecule has 0 spiro atoms. The molecule has 9 heteroatoms. The molecule has 0 saturated carbocycles. The Labute approximate surface area is 215 Å². The number of carbonyl (C=O) groups is 2. The van der Waals surface area contributed by atoms with E-state index < -0.39 is 0 Å². The molecule has 0 bridgehead atoms. The van der Waals surface area contributed by atoms with Crippen LogP contribution >= 0.6 is 0 Å². The van der Waals surface area contributed by atoms with Crippen LogP contribution in [0.5, 0.6) is 5.75 Å². The van der Waals surface area contributed by atoms with Gasteiger partial charge in [-0.05, 0) is 49.6 Å². The van der Waals surface area contributed by atoms with E-state index in [1.807, 2.05) is 49.4 Å². The lowest BCUT2D eigenvalue weighted by Crippen LogP contribution is -2.24. The standard InChI is InChI=1S/C28H28N6O3/c1-19-16-24(32-26-22(19)12-9-13-23(26)37-2)34-27(21(17-29)18-31-34)33-25(35)14-7-4-8-15-30-28(36)20-10-5-3-6-11-20/h3,5-6,9-13,16,18H,4,7-8,14-15H2,1-2H3,(H,30,36)(H,33,35). The zero-order valence-corrected chi connectivity index (χ0v) is 20.8. The minimum Gasteiger partial charge on any atom is -0.494 e. The number of amides is 2. The number of rotatable bonds is 10. The van der Waals surface area contributed by atoms with Crippen LogP contribution in [0.25, 0.3) is 16.7 Å². The first kappa shape index (κ1) is 25.4. The molecule has 37 heavy (non-hydrogen) atoms. The molecule has 0 atom stereocenters. The number of nitrogens with zero attached hydrogens (tertiary/aromatic N) is 4. The highest BCUT2D eigenvalue weighted by Gasteiger charge is 2.18. The van der Waals surface area contributed by atoms with Crippen molar-refractivity contribution in [1.29, 1.82) is 5.26 Å². The van der Waals surface area contributed by atoms with Gasteiger partial charge in [0, 0.05) is 23.9 Å². The van der Waals surface area contributed by atoms with Gasteiger partial charge in [-0.25, -0.2) is 4.98 Å². The summed E-state index contributed by atoms with van der Waals surface area (Å²) in [5.41, 5.74) is 2.51. The maximum atomic E-state index is 12.7. The molecule has 2 amide bonds. The SMILES string of the molecule is COc1cccc2c(C)cc(-n3ncc(C#N)c3NC(=O)CCCCCNC(=O)c3ccccc3)nc12. The third-order valence-corrected chi connectivity index (χ3v) is 5.98. The monoisotopic (exact) mass is 496 g/mol. The molecule has 2 N–H and O–H groups in total. The van der Waals surface area contributed by atoms with Gasteiger partial charge in [0.15, 0.2) is 11.6 Å². The molecule has 0 aliphatic rings. The lowest BCUT2D eigenvalue weighted by molar-refractivity contribution is -0.116. The highest BCUT2D eigenvalue weighted by atomic mass is 16.5. The van der Waals surface area contributed by atoms with E-state index in [-0.39, 0.29) is 29.6 Å². The summed E-state index contributed by atoms with van der Waals surface area (Å²) in [4.78, 5) is 29.5. The van der Waals surface area contributed by atoms with Crippen LogP contribution in [-0.4, -0.2) is 40.2 Å². The van der Waals surface area contributed by atoms with Crippen LogP contribution in [0, 0.1) is 18.3 Å². The van der Waals surface area contributed by atoms with Gasteiger partial charge in [-0.2, -0.15) is 15.0 Å². The molecule has 0 radical (unpaired) electrons. The van der Waals surface area contributed by atoms with Crippen molar-refractivity contribution in [2.24, 2.45) is 0 Å². The number of hydrogen-bond acceptors (Lipinski definition) is 6. The van der Waals surface area contributed by atoms with Crippen molar-refractivity contribution in [1.82, 2.24) is 20.1 Å². The van der Waals surface area contributed by atoms with E-state index in [0.29, 0.717) is 35.6 Å². The summed E-state index contributed by atoms with van der Waals surface area (Å²) in [5.74, 6) is 1.05. The lowest BCUT2D eigenvalue weighted by atomic mass is 10.1. The van der Waals surface area contributed by atoms with Gasteiger partial charge in [0.25, 0.3) is 5.91 Å². The number of para-hydroxylation sites is 1. The number of unbranched alkanes of at least 4 members (excludes halogenated alkanes) is 2. The van der Waals surface area contributed by atoms with Crippen molar-refractivity contribution in [2.45, 2.75) is 32.6 Å². The van der Waals surface area contributed by atoms with E-state index in [2.05, 4.69) is 21.8 Å². The second-order valence-corrected chi connectivity index (χ2v) is 8.57. The molecule has 2 heterocycles. The van der Waals surface area contributed by atoms with Crippen molar-refractivity contribution in [2.75, 3.05) is 19.0 Å². The molecular formula is C28H28N6O3. The predicted octanol–water partition coefficient (Wildman–Crippen LogP) is 4.54. The van der Waals surface area contributed by atoms with Gasteiger partial charge in [-0.15, -0.1) is 0 Å². The quantitative estimate of drug-likeness (QED) is 0.311. The summed E-state index contributed by atoms with van der Waals surface area (Å²) in [6.07, 6.45) is 3.87. The number of hydrogen-bond donors (Lipinski definition) is 2. The van der Waals surface area contributed by atoms with Gasteiger partial charge < -0.3 is 15.4 Å². The van der Waals surface area contributed by atoms with Gasteiger partial charge in [0.1, 0.15) is 22.9 Å². The number of methoxy groups -OCH3 is 1. The largest absolute Gasteiger partial charge is 0.494 e. The van der Waals surface area contributed by atoms with E-state index in [9.17, 15) is 14.9 Å². The molecule has 0 aliphatic heterocycles. The first-order valence-corrected chi connectivity index (χ1v) is 12.1. The molecule has 0 unspecified atom stereocenters. The molecule has 4 aromatic rings. The molecule has 4 rings (SSSR count). The Morgan fingerprint density at radius 1 is 1.08 bits per heavy atom. The number of aryl methyl sites for hydroxylation is 1. The first-order valence-electron chi connectivity index (χ1n) is 12.1. The van der Waals surface area contributed by atoms with Crippen LogP contribution in [-0.2, 0) is 4.79 Å². The summed E-state index contributed by atoms with van der Waals surface area (Å²) in [6.45, 7) is 2.50. The van der Waals surface area contributed by atoms with Crippen LogP contribution in [0.15, 0.2) is 60.8 Å². The zero-order chi connectivity index (χ0) is 26.2. The van der Waals surface area contributed by atoms with E-state index in [1.54, 1.807) is 19.2 Å². The van der Waals surface area contributed by atoms with Gasteiger partial charge in [0.05, 0.1) is 13.3 Å². The normalized spacial score (nSPS) is 10.6. The number of aromatic nitrogens is 3. The fourth-order valence-corrected chi connectivity index (χ4v) is 4.05. The van der Waals surface area contributed by atoms with Gasteiger partial charge in [-0.1, -0.05) is 36.8 Å². The third-order valence-electron chi connectivity index (χ3n) is 5.98. The number of fused-ring (bicyclic) bond motifs is 1. The van der Waals surface area contributed by atoms with E-state index in [1.165, 1.54) is 10.9 Å². The van der Waals surface area contributed by atoms with Gasteiger partial charge >= 0.3 is 0 Å². The minimum absolute atomic E-state index is 0.106. The highest BCUT2D eigenvalue weighted by molar-refractivity contribution is 5.94. The van der Waals surface area contributed by atoms with Crippen LogP contribution in [0.3, 0.4) is 0 Å². The molecule has 0 aliphatic carbocycles. The number of nitriles is 1. The predicted molar refractivity (Wildman–Crippen MR) is 141 cm³/mol. The van der Waals surface area contributed by atoms with E-state index in [0.717, 1.165) is 23.8 Å². The Bertz CT molecular complexity index is 1460. The Morgan fingerprint density at radius 3 is 2.65 bits per heavy atom. The molecule has 188 valence electrons. The van der Waals surface area contributed by atoms with E-state index >= 15 is 0 Å². The minimum atomic E-state index is -0.221. The van der Waals surface area contributed by atoms with E-state index in [4.69, 9.17) is 9.72 Å². The second-order valence-electron chi connectivity index (χ2n) is 8.57. The highest BCUT2D eigenvalue weighted by Crippen LogP contribution is 2.29. The first-order chi connectivity index (χ1) is 18.0. The fourth-order valence-electron chi connectivity index (χ4n) is 4.05. The van der Waals surface area contributed by atoms with Gasteiger partial charge in [0.2, 0.25) is 5.91 Å². The average Bonchev–Trinajstić information content (AvgIpc) is 3.32. The Hall–Kier alpha value is -4.71. The zero-order valence-electron chi connectivity index (χ0n) is 20.8. The Balaban J connectivity index is 1.37. The molecule has 0 fully saturated rings. The van der Waals surface area contributed by atoms with Crippen molar-refractivity contribution in [3.63, 3.8) is 0 Å². The van der Waals surface area contributed by atoms with Crippen molar-refractivity contribution >= 4 is 28.5 Å². The summed E-state index contributed by atoms with van der Waals surface area (Å²) < 4.78 is 6.93. The maximum Gasteiger partial charge on any atom is 0.251 e. The van der Waals surface area contributed by atoms with Crippen LogP contribution in [0.4, 0.5) is 5.82 Å². The van der Waals surface area contributed by atoms with Crippen molar-refractivity contribution < 1.29 is 14.3 Å². The Morgan fingerprint density at radius 2 is 1.89 bits per heavy atom. The lowest BCUT2D eigenvalue weighted by Gasteiger charge is -2.12. The third kappa shape index (κ3) is 5.93. The molecule has 0 saturated heterocycles. The van der Waals surface area contributed by atoms with Crippen molar-refractivity contribution in [3.8, 4) is 17.6 Å². The Kier molecular flexibility index (Phi) is 8.11. The number of ether oxygens (including phenoxy) is 1. The summed E-state index contributed by atoms with van der Waals surface area (Å²) >= 11 is 0. The number of nitrogens with one attached hydrogen (secondary N) is 2. The number of anilines is 1. The molecular weight excluding hydrogens is 468 g/mol. The van der Waals surface area contributed by atoms with Gasteiger partial charge in [-0.3, -0.25) is 9.59 Å². The molecule has 2 aromatic carbocycles. The number of carbonyl (C=O) groups excluding carboxylic acids is 2. The van der Waals surface area contributed by atoms with Crippen LogP contribution in [0.2, 0.25) is 0 Å². The van der Waals surface area contributed by atoms with Crippen LogP contribution in [0.1, 0.15) is 47.2 Å². The number of benzene rings is 2. The molecule has 9 nitrogen and oxygen atoms in total. The fraction of sp³-hybridized carbons (Fsp3) is 0.250. The van der Waals surface area contributed by atoms with Crippen molar-refractivity contribution in [3.05, 3.63) is 77.5 Å².